The molecule has 5 heteroatoms. The lowest BCUT2D eigenvalue weighted by atomic mass is 9.86. The lowest BCUT2D eigenvalue weighted by Gasteiger charge is -2.27. The monoisotopic (exact) mass is 383 g/mol. The molecule has 0 aromatic heterocycles. The number of rotatable bonds is 8. The molecule has 0 radical (unpaired) electrons. The van der Waals surface area contributed by atoms with Gasteiger partial charge in [-0.2, -0.15) is 0 Å². The Morgan fingerprint density at radius 2 is 1.71 bits per heavy atom. The van der Waals surface area contributed by atoms with Crippen LogP contribution in [0.15, 0.2) is 48.5 Å². The van der Waals surface area contributed by atoms with Crippen molar-refractivity contribution in [3.05, 3.63) is 59.7 Å². The highest BCUT2D eigenvalue weighted by molar-refractivity contribution is 5.72. The summed E-state index contributed by atoms with van der Waals surface area (Å²) in [5, 5.41) is 3.60. The first-order valence-electron chi connectivity index (χ1n) is 9.84. The summed E-state index contributed by atoms with van der Waals surface area (Å²) >= 11 is 0. The maximum atomic E-state index is 11.6. The van der Waals surface area contributed by atoms with Crippen molar-refractivity contribution in [2.45, 2.75) is 44.9 Å². The Hall–Kier alpha value is -2.53. The predicted octanol–water partition coefficient (Wildman–Crippen LogP) is 4.10. The standard InChI is InChI=1S/C23H29NO4/c1-26-22-14-18(8-13-21(22)28-16-17-6-4-3-5-7-17)15-24-20-11-9-19(10-12-20)23(25)27-2/h3-8,13-14,19-20,24H,9-12,15-16H2,1-2H3. The SMILES string of the molecule is COC(=O)C1CCC(NCc2ccc(OCc3ccccc3)c(OC)c2)CC1. The number of methoxy groups -OCH3 is 2. The fourth-order valence-corrected chi connectivity index (χ4v) is 3.64. The van der Waals surface area contributed by atoms with Gasteiger partial charge in [-0.05, 0) is 48.9 Å². The van der Waals surface area contributed by atoms with Crippen LogP contribution >= 0.6 is 0 Å². The number of benzene rings is 2. The number of hydrogen-bond donors (Lipinski definition) is 1. The van der Waals surface area contributed by atoms with E-state index in [1.807, 2.05) is 42.5 Å². The van der Waals surface area contributed by atoms with E-state index in [4.69, 9.17) is 14.2 Å². The van der Waals surface area contributed by atoms with E-state index >= 15 is 0 Å². The number of nitrogens with one attached hydrogen (secondary N) is 1. The van der Waals surface area contributed by atoms with E-state index in [0.29, 0.717) is 12.6 Å². The third-order valence-electron chi connectivity index (χ3n) is 5.32. The summed E-state index contributed by atoms with van der Waals surface area (Å²) in [5.41, 5.74) is 2.27. The van der Waals surface area contributed by atoms with Gasteiger partial charge in [0.15, 0.2) is 11.5 Å². The van der Waals surface area contributed by atoms with Crippen molar-refractivity contribution >= 4 is 5.97 Å². The Kier molecular flexibility index (Phi) is 7.31. The molecule has 0 heterocycles. The van der Waals surface area contributed by atoms with Gasteiger partial charge >= 0.3 is 5.97 Å². The summed E-state index contributed by atoms with van der Waals surface area (Å²) in [7, 11) is 3.13. The molecule has 0 atom stereocenters. The Morgan fingerprint density at radius 1 is 0.964 bits per heavy atom. The molecule has 3 rings (SSSR count). The van der Waals surface area contributed by atoms with E-state index in [2.05, 4.69) is 11.4 Å². The molecular formula is C23H29NO4. The molecule has 1 aliphatic rings. The average molecular weight is 383 g/mol. The van der Waals surface area contributed by atoms with E-state index in [0.717, 1.165) is 54.9 Å². The lowest BCUT2D eigenvalue weighted by molar-refractivity contribution is -0.146. The highest BCUT2D eigenvalue weighted by Crippen LogP contribution is 2.29. The predicted molar refractivity (Wildman–Crippen MR) is 108 cm³/mol. The molecule has 1 aliphatic carbocycles. The van der Waals surface area contributed by atoms with Crippen molar-refractivity contribution in [3.63, 3.8) is 0 Å². The third kappa shape index (κ3) is 5.49. The van der Waals surface area contributed by atoms with Gasteiger partial charge < -0.3 is 19.5 Å². The van der Waals surface area contributed by atoms with Crippen molar-refractivity contribution < 1.29 is 19.0 Å². The molecule has 0 bridgehead atoms. The zero-order chi connectivity index (χ0) is 19.8. The first-order chi connectivity index (χ1) is 13.7. The Bertz CT molecular complexity index is 754. The van der Waals surface area contributed by atoms with Gasteiger partial charge in [-0.15, -0.1) is 0 Å². The molecule has 0 aliphatic heterocycles. The second kappa shape index (κ2) is 10.1. The summed E-state index contributed by atoms with van der Waals surface area (Å²) in [6, 6.07) is 16.6. The van der Waals surface area contributed by atoms with E-state index in [-0.39, 0.29) is 11.9 Å². The quantitative estimate of drug-likeness (QED) is 0.696. The number of esters is 1. The van der Waals surface area contributed by atoms with Crippen LogP contribution in [0.2, 0.25) is 0 Å². The van der Waals surface area contributed by atoms with Crippen molar-refractivity contribution in [1.82, 2.24) is 5.32 Å². The van der Waals surface area contributed by atoms with Crippen LogP contribution in [0.3, 0.4) is 0 Å². The van der Waals surface area contributed by atoms with Gasteiger partial charge in [-0.1, -0.05) is 36.4 Å². The Balaban J connectivity index is 1.50. The minimum atomic E-state index is -0.0747. The minimum absolute atomic E-state index is 0.0594. The van der Waals surface area contributed by atoms with Crippen LogP contribution in [0.5, 0.6) is 11.5 Å². The van der Waals surface area contributed by atoms with Gasteiger partial charge in [0.05, 0.1) is 20.1 Å². The van der Waals surface area contributed by atoms with Crippen molar-refractivity contribution in [1.29, 1.82) is 0 Å². The van der Waals surface area contributed by atoms with Gasteiger partial charge in [0, 0.05) is 12.6 Å². The topological polar surface area (TPSA) is 56.8 Å². The van der Waals surface area contributed by atoms with Crippen molar-refractivity contribution in [2.75, 3.05) is 14.2 Å². The first-order valence-corrected chi connectivity index (χ1v) is 9.84. The maximum Gasteiger partial charge on any atom is 0.308 e. The molecule has 0 saturated heterocycles. The third-order valence-corrected chi connectivity index (χ3v) is 5.32. The molecule has 28 heavy (non-hydrogen) atoms. The van der Waals surface area contributed by atoms with Crippen LogP contribution < -0.4 is 14.8 Å². The molecule has 0 amide bonds. The van der Waals surface area contributed by atoms with Gasteiger partial charge in [-0.25, -0.2) is 0 Å². The lowest BCUT2D eigenvalue weighted by Crippen LogP contribution is -2.34. The van der Waals surface area contributed by atoms with Crippen LogP contribution in [0.25, 0.3) is 0 Å². The minimum Gasteiger partial charge on any atom is -0.493 e. The maximum absolute atomic E-state index is 11.6. The van der Waals surface area contributed by atoms with Gasteiger partial charge in [0.25, 0.3) is 0 Å². The second-order valence-corrected chi connectivity index (χ2v) is 7.21. The number of hydrogen-bond acceptors (Lipinski definition) is 5. The summed E-state index contributed by atoms with van der Waals surface area (Å²) in [6.45, 7) is 1.28. The Morgan fingerprint density at radius 3 is 2.39 bits per heavy atom. The largest absolute Gasteiger partial charge is 0.493 e. The smallest absolute Gasteiger partial charge is 0.308 e. The molecule has 0 unspecified atom stereocenters. The van der Waals surface area contributed by atoms with Crippen LogP contribution in [-0.2, 0) is 22.7 Å². The molecule has 150 valence electrons. The Labute approximate surface area is 167 Å². The van der Waals surface area contributed by atoms with E-state index in [1.165, 1.54) is 7.11 Å². The van der Waals surface area contributed by atoms with Gasteiger partial charge in [0.2, 0.25) is 0 Å². The molecular weight excluding hydrogens is 354 g/mol. The highest BCUT2D eigenvalue weighted by atomic mass is 16.5. The normalized spacial score (nSPS) is 19.1. The van der Waals surface area contributed by atoms with Crippen LogP contribution in [0.4, 0.5) is 0 Å². The molecule has 2 aromatic carbocycles. The summed E-state index contributed by atoms with van der Waals surface area (Å²) < 4.78 is 16.3. The molecule has 2 aromatic rings. The van der Waals surface area contributed by atoms with E-state index in [1.54, 1.807) is 7.11 Å². The van der Waals surface area contributed by atoms with Crippen LogP contribution in [0, 0.1) is 5.92 Å². The fraction of sp³-hybridized carbons (Fsp3) is 0.435. The van der Waals surface area contributed by atoms with Crippen LogP contribution in [0.1, 0.15) is 36.8 Å². The molecule has 1 N–H and O–H groups in total. The molecule has 0 spiro atoms. The average Bonchev–Trinajstić information content (AvgIpc) is 2.77. The first kappa shape index (κ1) is 20.2. The molecule has 5 nitrogen and oxygen atoms in total. The number of ether oxygens (including phenoxy) is 3. The zero-order valence-electron chi connectivity index (χ0n) is 16.6. The van der Waals surface area contributed by atoms with Gasteiger partial charge in [0.1, 0.15) is 6.61 Å². The van der Waals surface area contributed by atoms with E-state index < -0.39 is 0 Å². The number of carbonyl (C=O) groups excluding carboxylic acids is 1. The van der Waals surface area contributed by atoms with Gasteiger partial charge in [-0.3, -0.25) is 4.79 Å². The van der Waals surface area contributed by atoms with Crippen molar-refractivity contribution in [3.8, 4) is 11.5 Å². The zero-order valence-corrected chi connectivity index (χ0v) is 16.6. The van der Waals surface area contributed by atoms with Crippen LogP contribution in [-0.4, -0.2) is 26.2 Å². The summed E-state index contributed by atoms with van der Waals surface area (Å²) in [6.07, 6.45) is 3.77. The van der Waals surface area contributed by atoms with E-state index in [9.17, 15) is 4.79 Å². The second-order valence-electron chi connectivity index (χ2n) is 7.21. The number of carbonyl (C=O) groups is 1. The molecule has 1 saturated carbocycles. The molecule has 1 fully saturated rings. The fourth-order valence-electron chi connectivity index (χ4n) is 3.64. The highest BCUT2D eigenvalue weighted by Gasteiger charge is 2.26. The van der Waals surface area contributed by atoms with Crippen molar-refractivity contribution in [2.24, 2.45) is 5.92 Å². The summed E-state index contributed by atoms with van der Waals surface area (Å²) in [5.74, 6) is 1.47. The summed E-state index contributed by atoms with van der Waals surface area (Å²) in [4.78, 5) is 11.6.